The molecule has 1 N–H and O–H groups in total. The van der Waals surface area contributed by atoms with Crippen LogP contribution in [0, 0.1) is 5.82 Å². The zero-order valence-electron chi connectivity index (χ0n) is 8.81. The molecule has 1 heterocycles. The Morgan fingerprint density at radius 1 is 1.47 bits per heavy atom. The molecular weight excluding hydrogens is 245 g/mol. The van der Waals surface area contributed by atoms with Crippen LogP contribution in [0.15, 0.2) is 33.7 Å². The first kappa shape index (κ1) is 11.7. The molecule has 1 aromatic heterocycles. The maximum absolute atomic E-state index is 13.6. The zero-order chi connectivity index (χ0) is 12.4. The maximum atomic E-state index is 13.6. The molecule has 0 fully saturated rings. The summed E-state index contributed by atoms with van der Waals surface area (Å²) in [5, 5.41) is 12.2. The van der Waals surface area contributed by atoms with E-state index >= 15 is 0 Å². The standard InChI is InChI=1S/C11H8FNO3S/c1-17-6-2-3-8(12)7(4-6)9-5-10(11(14)15)16-13-9/h2-5H,1H3,(H,14,15). The van der Waals surface area contributed by atoms with Crippen molar-refractivity contribution in [3.05, 3.63) is 35.8 Å². The normalized spacial score (nSPS) is 10.5. The number of hydrogen-bond acceptors (Lipinski definition) is 4. The molecule has 0 saturated heterocycles. The first-order chi connectivity index (χ1) is 8.11. The van der Waals surface area contributed by atoms with Crippen molar-refractivity contribution in [2.45, 2.75) is 4.90 Å². The SMILES string of the molecule is CSc1ccc(F)c(-c2cc(C(=O)O)on2)c1. The number of carbonyl (C=O) groups is 1. The molecule has 0 aliphatic rings. The van der Waals surface area contributed by atoms with Gasteiger partial charge in [-0.15, -0.1) is 11.8 Å². The summed E-state index contributed by atoms with van der Waals surface area (Å²) in [6.45, 7) is 0. The van der Waals surface area contributed by atoms with Crippen LogP contribution in [0.4, 0.5) is 4.39 Å². The van der Waals surface area contributed by atoms with Gasteiger partial charge >= 0.3 is 5.97 Å². The van der Waals surface area contributed by atoms with Gasteiger partial charge in [-0.3, -0.25) is 0 Å². The van der Waals surface area contributed by atoms with Gasteiger partial charge in [0.15, 0.2) is 0 Å². The number of carboxylic acid groups (broad SMARTS) is 1. The lowest BCUT2D eigenvalue weighted by atomic mass is 10.1. The fourth-order valence-electron chi connectivity index (χ4n) is 1.33. The number of nitrogens with zero attached hydrogens (tertiary/aromatic N) is 1. The average molecular weight is 253 g/mol. The molecule has 0 aliphatic carbocycles. The van der Waals surface area contributed by atoms with Crippen LogP contribution in [-0.2, 0) is 0 Å². The Labute approximate surface area is 100 Å². The van der Waals surface area contributed by atoms with Crippen molar-refractivity contribution in [2.75, 3.05) is 6.26 Å². The summed E-state index contributed by atoms with van der Waals surface area (Å²) in [5.41, 5.74) is 0.406. The first-order valence-electron chi connectivity index (χ1n) is 4.65. The van der Waals surface area contributed by atoms with E-state index in [4.69, 9.17) is 5.11 Å². The Balaban J connectivity index is 2.47. The summed E-state index contributed by atoms with van der Waals surface area (Å²) in [6.07, 6.45) is 1.86. The van der Waals surface area contributed by atoms with Gasteiger partial charge in [-0.05, 0) is 24.5 Å². The second-order valence-corrected chi connectivity index (χ2v) is 4.11. The van der Waals surface area contributed by atoms with Crippen molar-refractivity contribution in [1.82, 2.24) is 5.16 Å². The third kappa shape index (κ3) is 2.31. The van der Waals surface area contributed by atoms with Gasteiger partial charge < -0.3 is 9.63 Å². The molecule has 17 heavy (non-hydrogen) atoms. The Bertz CT molecular complexity index is 568. The van der Waals surface area contributed by atoms with Crippen molar-refractivity contribution < 1.29 is 18.8 Å². The highest BCUT2D eigenvalue weighted by atomic mass is 32.2. The van der Waals surface area contributed by atoms with E-state index in [9.17, 15) is 9.18 Å². The monoisotopic (exact) mass is 253 g/mol. The highest BCUT2D eigenvalue weighted by molar-refractivity contribution is 7.98. The van der Waals surface area contributed by atoms with Crippen LogP contribution in [-0.4, -0.2) is 22.5 Å². The predicted octanol–water partition coefficient (Wildman–Crippen LogP) is 2.90. The van der Waals surface area contributed by atoms with Gasteiger partial charge in [0.05, 0.1) is 0 Å². The van der Waals surface area contributed by atoms with Gasteiger partial charge in [-0.2, -0.15) is 0 Å². The lowest BCUT2D eigenvalue weighted by Crippen LogP contribution is -1.91. The van der Waals surface area contributed by atoms with Gasteiger partial charge in [0.25, 0.3) is 0 Å². The van der Waals surface area contributed by atoms with Crippen molar-refractivity contribution in [3.63, 3.8) is 0 Å². The summed E-state index contributed by atoms with van der Waals surface area (Å²) in [4.78, 5) is 11.5. The van der Waals surface area contributed by atoms with E-state index in [1.807, 2.05) is 6.26 Å². The Kier molecular flexibility index (Phi) is 3.14. The number of benzene rings is 1. The summed E-state index contributed by atoms with van der Waals surface area (Å²) >= 11 is 1.46. The van der Waals surface area contributed by atoms with Gasteiger partial charge in [0, 0.05) is 16.5 Å². The average Bonchev–Trinajstić information content (AvgIpc) is 2.79. The van der Waals surface area contributed by atoms with Crippen LogP contribution in [0.2, 0.25) is 0 Å². The van der Waals surface area contributed by atoms with Crippen LogP contribution >= 0.6 is 11.8 Å². The number of carboxylic acids is 1. The zero-order valence-corrected chi connectivity index (χ0v) is 9.62. The van der Waals surface area contributed by atoms with E-state index in [2.05, 4.69) is 9.68 Å². The Hall–Kier alpha value is -1.82. The van der Waals surface area contributed by atoms with E-state index in [-0.39, 0.29) is 17.0 Å². The van der Waals surface area contributed by atoms with Crippen molar-refractivity contribution >= 4 is 17.7 Å². The number of aromatic carboxylic acids is 1. The van der Waals surface area contributed by atoms with Gasteiger partial charge in [-0.25, -0.2) is 9.18 Å². The molecule has 0 spiro atoms. The van der Waals surface area contributed by atoms with Crippen LogP contribution < -0.4 is 0 Å². The summed E-state index contributed by atoms with van der Waals surface area (Å²) in [6, 6.07) is 5.76. The summed E-state index contributed by atoms with van der Waals surface area (Å²) in [5.74, 6) is -2.01. The molecule has 6 heteroatoms. The van der Waals surface area contributed by atoms with Crippen molar-refractivity contribution in [3.8, 4) is 11.3 Å². The number of halogens is 1. The summed E-state index contributed by atoms with van der Waals surface area (Å²) < 4.78 is 18.1. The molecule has 2 aromatic rings. The highest BCUT2D eigenvalue weighted by Crippen LogP contribution is 2.27. The first-order valence-corrected chi connectivity index (χ1v) is 5.88. The smallest absolute Gasteiger partial charge is 0.374 e. The topological polar surface area (TPSA) is 63.3 Å². The molecule has 1 aromatic carbocycles. The van der Waals surface area contributed by atoms with Crippen LogP contribution in [0.1, 0.15) is 10.6 Å². The van der Waals surface area contributed by atoms with Crippen LogP contribution in [0.3, 0.4) is 0 Å². The molecule has 0 amide bonds. The minimum absolute atomic E-state index is 0.177. The van der Waals surface area contributed by atoms with Crippen LogP contribution in [0.25, 0.3) is 11.3 Å². The fraction of sp³-hybridized carbons (Fsp3) is 0.0909. The molecule has 0 bridgehead atoms. The van der Waals surface area contributed by atoms with Crippen molar-refractivity contribution in [2.24, 2.45) is 0 Å². The molecule has 4 nitrogen and oxygen atoms in total. The number of rotatable bonds is 3. The largest absolute Gasteiger partial charge is 0.475 e. The maximum Gasteiger partial charge on any atom is 0.374 e. The number of hydrogen-bond donors (Lipinski definition) is 1. The highest BCUT2D eigenvalue weighted by Gasteiger charge is 2.15. The molecule has 0 aliphatic heterocycles. The van der Waals surface area contributed by atoms with Gasteiger partial charge in [-0.1, -0.05) is 5.16 Å². The number of thioether (sulfide) groups is 1. The minimum Gasteiger partial charge on any atom is -0.475 e. The van der Waals surface area contributed by atoms with E-state index < -0.39 is 11.8 Å². The molecule has 0 unspecified atom stereocenters. The molecule has 0 radical (unpaired) electrons. The Morgan fingerprint density at radius 2 is 2.24 bits per heavy atom. The van der Waals surface area contributed by atoms with Gasteiger partial charge in [0.1, 0.15) is 11.5 Å². The molecule has 88 valence electrons. The molecule has 0 atom stereocenters. The second kappa shape index (κ2) is 4.58. The molecule has 0 saturated carbocycles. The summed E-state index contributed by atoms with van der Waals surface area (Å²) in [7, 11) is 0. The minimum atomic E-state index is -1.23. The third-order valence-corrected chi connectivity index (χ3v) is 2.90. The quantitative estimate of drug-likeness (QED) is 0.852. The second-order valence-electron chi connectivity index (χ2n) is 3.23. The molecular formula is C11H8FNO3S. The van der Waals surface area contributed by atoms with Gasteiger partial charge in [0.2, 0.25) is 5.76 Å². The number of aromatic nitrogens is 1. The molecule has 2 rings (SSSR count). The lowest BCUT2D eigenvalue weighted by Gasteiger charge is -2.01. The van der Waals surface area contributed by atoms with E-state index in [0.29, 0.717) is 0 Å². The fourth-order valence-corrected chi connectivity index (χ4v) is 1.77. The van der Waals surface area contributed by atoms with Crippen LogP contribution in [0.5, 0.6) is 0 Å². The third-order valence-electron chi connectivity index (χ3n) is 2.17. The van der Waals surface area contributed by atoms with E-state index in [0.717, 1.165) is 4.90 Å². The van der Waals surface area contributed by atoms with Crippen molar-refractivity contribution in [1.29, 1.82) is 0 Å². The predicted molar refractivity (Wildman–Crippen MR) is 60.6 cm³/mol. The van der Waals surface area contributed by atoms with E-state index in [1.165, 1.54) is 23.9 Å². The lowest BCUT2D eigenvalue weighted by molar-refractivity contribution is 0.0652. The Morgan fingerprint density at radius 3 is 2.82 bits per heavy atom. The van der Waals surface area contributed by atoms with E-state index in [1.54, 1.807) is 12.1 Å².